The summed E-state index contributed by atoms with van der Waals surface area (Å²) in [6, 6.07) is 4.15. The average Bonchev–Trinajstić information content (AvgIpc) is 2.16. The van der Waals surface area contributed by atoms with Gasteiger partial charge in [0.15, 0.2) is 0 Å². The van der Waals surface area contributed by atoms with Gasteiger partial charge in [0.1, 0.15) is 6.07 Å². The predicted molar refractivity (Wildman–Crippen MR) is 56.9 cm³/mol. The van der Waals surface area contributed by atoms with Crippen LogP contribution in [0.25, 0.3) is 0 Å². The van der Waals surface area contributed by atoms with E-state index in [4.69, 9.17) is 5.26 Å². The van der Waals surface area contributed by atoms with Crippen LogP contribution < -0.4 is 0 Å². The van der Waals surface area contributed by atoms with Gasteiger partial charge in [0, 0.05) is 17.8 Å². The Bertz CT molecular complexity index is 361. The number of aryl methyl sites for hydroxylation is 1. The van der Waals surface area contributed by atoms with E-state index in [-0.39, 0.29) is 0 Å². The van der Waals surface area contributed by atoms with Gasteiger partial charge in [0.2, 0.25) is 0 Å². The summed E-state index contributed by atoms with van der Waals surface area (Å²) in [6.07, 6.45) is 1.67. The lowest BCUT2D eigenvalue weighted by Gasteiger charge is -2.15. The van der Waals surface area contributed by atoms with Crippen LogP contribution in [0, 0.1) is 24.2 Å². The van der Waals surface area contributed by atoms with Crippen LogP contribution in [0.15, 0.2) is 12.3 Å². The summed E-state index contributed by atoms with van der Waals surface area (Å²) in [5.41, 5.74) is 2.77. The van der Waals surface area contributed by atoms with Gasteiger partial charge in [-0.2, -0.15) is 5.26 Å². The van der Waals surface area contributed by atoms with Gasteiger partial charge in [-0.15, -0.1) is 0 Å². The number of rotatable bonds is 2. The van der Waals surface area contributed by atoms with Crippen molar-refractivity contribution in [3.05, 3.63) is 29.1 Å². The molecule has 2 nitrogen and oxygen atoms in total. The highest BCUT2D eigenvalue weighted by Gasteiger charge is 2.12. The largest absolute Gasteiger partial charge is 0.260 e. The third-order valence-corrected chi connectivity index (χ3v) is 2.72. The van der Waals surface area contributed by atoms with Gasteiger partial charge in [-0.05, 0) is 24.5 Å². The zero-order valence-electron chi connectivity index (χ0n) is 9.20. The lowest BCUT2D eigenvalue weighted by atomic mass is 9.93. The van der Waals surface area contributed by atoms with Gasteiger partial charge >= 0.3 is 0 Å². The second-order valence-electron chi connectivity index (χ2n) is 4.07. The first-order valence-electron chi connectivity index (χ1n) is 4.93. The van der Waals surface area contributed by atoms with E-state index < -0.39 is 0 Å². The van der Waals surface area contributed by atoms with E-state index in [0.717, 1.165) is 11.3 Å². The molecule has 1 aromatic heterocycles. The van der Waals surface area contributed by atoms with Gasteiger partial charge in [-0.25, -0.2) is 0 Å². The first-order valence-corrected chi connectivity index (χ1v) is 4.93. The topological polar surface area (TPSA) is 36.7 Å². The van der Waals surface area contributed by atoms with Crippen molar-refractivity contribution >= 4 is 0 Å². The molecule has 0 saturated carbocycles. The van der Waals surface area contributed by atoms with Gasteiger partial charge < -0.3 is 0 Å². The maximum absolute atomic E-state index is 8.77. The molecule has 0 saturated heterocycles. The molecule has 0 N–H and O–H groups in total. The molecule has 0 aliphatic rings. The van der Waals surface area contributed by atoms with E-state index in [9.17, 15) is 0 Å². The SMILES string of the molecule is Cc1cc(C(C)C(C)C)ncc1C#N. The summed E-state index contributed by atoms with van der Waals surface area (Å²) in [7, 11) is 0. The Balaban J connectivity index is 3.04. The lowest BCUT2D eigenvalue weighted by Crippen LogP contribution is -2.05. The maximum Gasteiger partial charge on any atom is 0.101 e. The fraction of sp³-hybridized carbons (Fsp3) is 0.500. The quantitative estimate of drug-likeness (QED) is 0.715. The number of nitrogens with zero attached hydrogens (tertiary/aromatic N) is 2. The minimum Gasteiger partial charge on any atom is -0.260 e. The minimum absolute atomic E-state index is 0.446. The fourth-order valence-electron chi connectivity index (χ4n) is 1.29. The zero-order chi connectivity index (χ0) is 10.7. The van der Waals surface area contributed by atoms with Crippen LogP contribution in [0.4, 0.5) is 0 Å². The van der Waals surface area contributed by atoms with E-state index in [1.807, 2.05) is 13.0 Å². The minimum atomic E-state index is 0.446. The predicted octanol–water partition coefficient (Wildman–Crippen LogP) is 3.02. The summed E-state index contributed by atoms with van der Waals surface area (Å²) in [5.74, 6) is 1.02. The Labute approximate surface area is 85.6 Å². The van der Waals surface area contributed by atoms with Crippen molar-refractivity contribution in [3.63, 3.8) is 0 Å². The van der Waals surface area contributed by atoms with Gasteiger partial charge in [-0.3, -0.25) is 4.98 Å². The Kier molecular flexibility index (Phi) is 3.24. The summed E-state index contributed by atoms with van der Waals surface area (Å²) >= 11 is 0. The standard InChI is InChI=1S/C12H16N2/c1-8(2)10(4)12-5-9(3)11(6-13)7-14-12/h5,7-8,10H,1-4H3. The van der Waals surface area contributed by atoms with Crippen molar-refractivity contribution in [2.75, 3.05) is 0 Å². The van der Waals surface area contributed by atoms with Gasteiger partial charge in [0.05, 0.1) is 5.56 Å². The fourth-order valence-corrected chi connectivity index (χ4v) is 1.29. The maximum atomic E-state index is 8.77. The molecular formula is C12H16N2. The summed E-state index contributed by atoms with van der Waals surface area (Å²) < 4.78 is 0. The molecule has 0 aliphatic heterocycles. The van der Waals surface area contributed by atoms with Crippen molar-refractivity contribution in [1.82, 2.24) is 4.98 Å². The van der Waals surface area contributed by atoms with E-state index in [1.165, 1.54) is 0 Å². The van der Waals surface area contributed by atoms with Crippen molar-refractivity contribution < 1.29 is 0 Å². The smallest absolute Gasteiger partial charge is 0.101 e. The first-order chi connectivity index (χ1) is 6.56. The molecule has 1 unspecified atom stereocenters. The van der Waals surface area contributed by atoms with Crippen molar-refractivity contribution in [1.29, 1.82) is 5.26 Å². The van der Waals surface area contributed by atoms with Crippen LogP contribution in [0.1, 0.15) is 43.5 Å². The normalized spacial score (nSPS) is 12.6. The highest BCUT2D eigenvalue weighted by atomic mass is 14.7. The number of pyridine rings is 1. The van der Waals surface area contributed by atoms with Crippen LogP contribution in [0.2, 0.25) is 0 Å². The molecule has 0 bridgehead atoms. The second kappa shape index (κ2) is 4.23. The number of aromatic nitrogens is 1. The zero-order valence-corrected chi connectivity index (χ0v) is 9.20. The van der Waals surface area contributed by atoms with Crippen LogP contribution in [-0.4, -0.2) is 4.98 Å². The van der Waals surface area contributed by atoms with Crippen molar-refractivity contribution in [2.45, 2.75) is 33.6 Å². The molecule has 0 radical (unpaired) electrons. The lowest BCUT2D eigenvalue weighted by molar-refractivity contribution is 0.523. The molecule has 0 aliphatic carbocycles. The van der Waals surface area contributed by atoms with Crippen molar-refractivity contribution in [2.24, 2.45) is 5.92 Å². The third-order valence-electron chi connectivity index (χ3n) is 2.72. The Morgan fingerprint density at radius 3 is 2.43 bits per heavy atom. The van der Waals surface area contributed by atoms with Crippen molar-refractivity contribution in [3.8, 4) is 6.07 Å². The summed E-state index contributed by atoms with van der Waals surface area (Å²) in [5, 5.41) is 8.77. The van der Waals surface area contributed by atoms with Gasteiger partial charge in [-0.1, -0.05) is 20.8 Å². The third kappa shape index (κ3) is 2.11. The Morgan fingerprint density at radius 2 is 2.00 bits per heavy atom. The second-order valence-corrected chi connectivity index (χ2v) is 4.07. The highest BCUT2D eigenvalue weighted by Crippen LogP contribution is 2.22. The molecule has 2 heteroatoms. The van der Waals surface area contributed by atoms with E-state index in [1.54, 1.807) is 6.20 Å². The first kappa shape index (κ1) is 10.7. The molecule has 1 aromatic rings. The van der Waals surface area contributed by atoms with E-state index in [0.29, 0.717) is 17.4 Å². The Morgan fingerprint density at radius 1 is 1.36 bits per heavy atom. The van der Waals surface area contributed by atoms with Crippen LogP contribution in [0.5, 0.6) is 0 Å². The number of hydrogen-bond acceptors (Lipinski definition) is 2. The molecular weight excluding hydrogens is 172 g/mol. The molecule has 1 heterocycles. The van der Waals surface area contributed by atoms with Crippen LogP contribution in [-0.2, 0) is 0 Å². The summed E-state index contributed by atoms with van der Waals surface area (Å²) in [6.45, 7) is 8.48. The molecule has 0 fully saturated rings. The van der Waals surface area contributed by atoms with Crippen LogP contribution >= 0.6 is 0 Å². The number of nitriles is 1. The highest BCUT2D eigenvalue weighted by molar-refractivity contribution is 5.36. The molecule has 1 atom stereocenters. The molecule has 0 spiro atoms. The number of hydrogen-bond donors (Lipinski definition) is 0. The van der Waals surface area contributed by atoms with E-state index in [2.05, 4.69) is 31.8 Å². The molecule has 0 amide bonds. The van der Waals surface area contributed by atoms with E-state index >= 15 is 0 Å². The van der Waals surface area contributed by atoms with Crippen LogP contribution in [0.3, 0.4) is 0 Å². The molecule has 74 valence electrons. The average molecular weight is 188 g/mol. The Hall–Kier alpha value is -1.36. The monoisotopic (exact) mass is 188 g/mol. The van der Waals surface area contributed by atoms with Gasteiger partial charge in [0.25, 0.3) is 0 Å². The molecule has 14 heavy (non-hydrogen) atoms. The summed E-state index contributed by atoms with van der Waals surface area (Å²) in [4.78, 5) is 4.31. The molecule has 1 rings (SSSR count). The molecule has 0 aromatic carbocycles.